The fourth-order valence-corrected chi connectivity index (χ4v) is 4.01. The summed E-state index contributed by atoms with van der Waals surface area (Å²) in [5.74, 6) is 1.16. The van der Waals surface area contributed by atoms with Crippen LogP contribution in [0, 0.1) is 12.8 Å². The highest BCUT2D eigenvalue weighted by molar-refractivity contribution is 6.33. The summed E-state index contributed by atoms with van der Waals surface area (Å²) >= 11 is 12.8. The van der Waals surface area contributed by atoms with Crippen molar-refractivity contribution in [3.05, 3.63) is 62.5 Å². The van der Waals surface area contributed by atoms with Gasteiger partial charge in [-0.05, 0) is 45.2 Å². The van der Waals surface area contributed by atoms with E-state index in [1.165, 1.54) is 10.8 Å². The lowest BCUT2D eigenvalue weighted by Crippen LogP contribution is -2.22. The third kappa shape index (κ3) is 5.95. The second-order valence-electron chi connectivity index (χ2n) is 8.98. The Bertz CT molecular complexity index is 1220. The molecule has 0 bridgehead atoms. The number of ether oxygens (including phenoxy) is 1. The summed E-state index contributed by atoms with van der Waals surface area (Å²) in [5, 5.41) is 10.5. The van der Waals surface area contributed by atoms with Crippen LogP contribution in [0.4, 0.5) is 0 Å². The summed E-state index contributed by atoms with van der Waals surface area (Å²) in [7, 11) is 0. The Hall–Kier alpha value is -2.48. The number of hydrogen-bond donors (Lipinski definition) is 1. The first-order valence-corrected chi connectivity index (χ1v) is 12.1. The highest BCUT2D eigenvalue weighted by Gasteiger charge is 2.21. The number of hydrogen-bond acceptors (Lipinski definition) is 6. The molecule has 0 aliphatic rings. The molecule has 3 aromatic heterocycles. The standard InChI is InChI=1S/C25H30Cl2N4O3/c1-6-7-15(2)9-11-34-21-12-16(3)31(23(32)22(21)27)20-13-19(29-14-17(20)26)18-8-10-28-24(30-18)25(4,5)33/h8,10,12-15,33H,6-7,9,11H2,1-5H3. The fraction of sp³-hybridized carbons (Fsp3) is 0.440. The molecule has 0 aromatic carbocycles. The zero-order valence-corrected chi connectivity index (χ0v) is 21.6. The molecule has 0 spiro atoms. The molecule has 1 N–H and O–H groups in total. The van der Waals surface area contributed by atoms with E-state index in [1.54, 1.807) is 45.2 Å². The molecule has 0 aliphatic carbocycles. The first kappa shape index (κ1) is 26.1. The maximum Gasteiger partial charge on any atom is 0.277 e. The molecule has 0 saturated heterocycles. The largest absolute Gasteiger partial charge is 0.492 e. The molecule has 0 aliphatic heterocycles. The number of aryl methyl sites for hydroxylation is 1. The summed E-state index contributed by atoms with van der Waals surface area (Å²) < 4.78 is 7.27. The van der Waals surface area contributed by atoms with E-state index >= 15 is 0 Å². The third-order valence-electron chi connectivity index (χ3n) is 5.49. The van der Waals surface area contributed by atoms with Gasteiger partial charge in [-0.1, -0.05) is 49.9 Å². The van der Waals surface area contributed by atoms with Crippen LogP contribution in [0.3, 0.4) is 0 Å². The van der Waals surface area contributed by atoms with E-state index in [-0.39, 0.29) is 15.9 Å². The third-order valence-corrected chi connectivity index (χ3v) is 6.13. The quantitative estimate of drug-likeness (QED) is 0.399. The highest BCUT2D eigenvalue weighted by Crippen LogP contribution is 2.29. The van der Waals surface area contributed by atoms with Gasteiger partial charge in [0.15, 0.2) is 5.82 Å². The van der Waals surface area contributed by atoms with Gasteiger partial charge in [0.1, 0.15) is 16.4 Å². The molecule has 3 heterocycles. The Morgan fingerprint density at radius 3 is 2.59 bits per heavy atom. The minimum absolute atomic E-state index is 0.00507. The minimum Gasteiger partial charge on any atom is -0.492 e. The molecular weight excluding hydrogens is 475 g/mol. The summed E-state index contributed by atoms with van der Waals surface area (Å²) in [6, 6.07) is 5.08. The number of nitrogens with zero attached hydrogens (tertiary/aromatic N) is 4. The topological polar surface area (TPSA) is 90.1 Å². The Morgan fingerprint density at radius 2 is 1.91 bits per heavy atom. The van der Waals surface area contributed by atoms with Gasteiger partial charge in [0.05, 0.1) is 28.7 Å². The van der Waals surface area contributed by atoms with Crippen LogP contribution in [0.15, 0.2) is 35.4 Å². The Kier molecular flexibility index (Phi) is 8.34. The maximum atomic E-state index is 13.2. The van der Waals surface area contributed by atoms with Crippen LogP contribution in [0.2, 0.25) is 10.0 Å². The van der Waals surface area contributed by atoms with E-state index in [0.29, 0.717) is 41.0 Å². The lowest BCUT2D eigenvalue weighted by atomic mass is 10.0. The average Bonchev–Trinajstić information content (AvgIpc) is 2.78. The molecule has 1 atom stereocenters. The summed E-state index contributed by atoms with van der Waals surface area (Å²) in [5.41, 5.74) is 0.351. The molecule has 0 fully saturated rings. The molecule has 182 valence electrons. The van der Waals surface area contributed by atoms with E-state index in [4.69, 9.17) is 27.9 Å². The number of aliphatic hydroxyl groups is 1. The average molecular weight is 505 g/mol. The predicted octanol–water partition coefficient (Wildman–Crippen LogP) is 5.74. The number of rotatable bonds is 9. The molecule has 0 saturated carbocycles. The summed E-state index contributed by atoms with van der Waals surface area (Å²) in [6.45, 7) is 9.82. The van der Waals surface area contributed by atoms with Gasteiger partial charge in [-0.15, -0.1) is 0 Å². The smallest absolute Gasteiger partial charge is 0.277 e. The van der Waals surface area contributed by atoms with Crippen LogP contribution in [-0.4, -0.2) is 31.2 Å². The lowest BCUT2D eigenvalue weighted by Gasteiger charge is -2.17. The minimum atomic E-state index is -1.21. The van der Waals surface area contributed by atoms with Gasteiger partial charge >= 0.3 is 0 Å². The van der Waals surface area contributed by atoms with Gasteiger partial charge in [-0.2, -0.15) is 0 Å². The van der Waals surface area contributed by atoms with E-state index in [0.717, 1.165) is 19.3 Å². The van der Waals surface area contributed by atoms with Gasteiger partial charge in [0.2, 0.25) is 0 Å². The normalized spacial score (nSPS) is 12.6. The second-order valence-corrected chi connectivity index (χ2v) is 9.77. The van der Waals surface area contributed by atoms with Crippen molar-refractivity contribution in [2.24, 2.45) is 5.92 Å². The van der Waals surface area contributed by atoms with Crippen molar-refractivity contribution in [1.82, 2.24) is 19.5 Å². The molecule has 34 heavy (non-hydrogen) atoms. The monoisotopic (exact) mass is 504 g/mol. The Morgan fingerprint density at radius 1 is 1.18 bits per heavy atom. The second kappa shape index (κ2) is 10.8. The van der Waals surface area contributed by atoms with Crippen molar-refractivity contribution in [3.63, 3.8) is 0 Å². The number of halogens is 2. The van der Waals surface area contributed by atoms with Gasteiger partial charge in [-0.25, -0.2) is 9.97 Å². The predicted molar refractivity (Wildman–Crippen MR) is 135 cm³/mol. The van der Waals surface area contributed by atoms with Crippen LogP contribution in [0.5, 0.6) is 5.75 Å². The highest BCUT2D eigenvalue weighted by atomic mass is 35.5. The van der Waals surface area contributed by atoms with Gasteiger partial charge < -0.3 is 9.84 Å². The van der Waals surface area contributed by atoms with Crippen molar-refractivity contribution >= 4 is 23.2 Å². The molecular formula is C25H30Cl2N4O3. The zero-order valence-electron chi connectivity index (χ0n) is 20.1. The SMILES string of the molecule is CCCC(C)CCOc1cc(C)n(-c2cc(-c3ccnc(C(C)(C)O)n3)ncc2Cl)c(=O)c1Cl. The van der Waals surface area contributed by atoms with Crippen molar-refractivity contribution < 1.29 is 9.84 Å². The van der Waals surface area contributed by atoms with E-state index in [2.05, 4.69) is 28.8 Å². The molecule has 3 rings (SSSR count). The van der Waals surface area contributed by atoms with Gasteiger partial charge in [0, 0.05) is 24.2 Å². The zero-order chi connectivity index (χ0) is 25.0. The van der Waals surface area contributed by atoms with Crippen LogP contribution in [0.1, 0.15) is 58.5 Å². The molecule has 7 nitrogen and oxygen atoms in total. The Balaban J connectivity index is 1.98. The van der Waals surface area contributed by atoms with Crippen LogP contribution >= 0.6 is 23.2 Å². The first-order chi connectivity index (χ1) is 16.0. The van der Waals surface area contributed by atoms with Crippen molar-refractivity contribution in [2.75, 3.05) is 6.61 Å². The van der Waals surface area contributed by atoms with Crippen molar-refractivity contribution in [3.8, 4) is 22.8 Å². The summed E-state index contributed by atoms with van der Waals surface area (Å²) in [6.07, 6.45) is 6.15. The lowest BCUT2D eigenvalue weighted by molar-refractivity contribution is 0.0688. The molecule has 3 aromatic rings. The first-order valence-electron chi connectivity index (χ1n) is 11.3. The van der Waals surface area contributed by atoms with E-state index < -0.39 is 11.2 Å². The van der Waals surface area contributed by atoms with E-state index in [1.807, 2.05) is 0 Å². The molecule has 0 radical (unpaired) electrons. The van der Waals surface area contributed by atoms with Gasteiger partial charge in [-0.3, -0.25) is 14.3 Å². The van der Waals surface area contributed by atoms with Gasteiger partial charge in [0.25, 0.3) is 5.56 Å². The maximum absolute atomic E-state index is 13.2. The van der Waals surface area contributed by atoms with Crippen LogP contribution in [-0.2, 0) is 5.60 Å². The van der Waals surface area contributed by atoms with Crippen LogP contribution in [0.25, 0.3) is 17.1 Å². The molecule has 0 amide bonds. The molecule has 9 heteroatoms. The van der Waals surface area contributed by atoms with E-state index in [9.17, 15) is 9.90 Å². The Labute approximate surface area is 209 Å². The molecule has 1 unspecified atom stereocenters. The number of pyridine rings is 2. The van der Waals surface area contributed by atoms with Crippen molar-refractivity contribution in [2.45, 2.75) is 59.5 Å². The number of aromatic nitrogens is 4. The van der Waals surface area contributed by atoms with Crippen LogP contribution < -0.4 is 10.3 Å². The van der Waals surface area contributed by atoms with Crippen molar-refractivity contribution in [1.29, 1.82) is 0 Å². The fourth-order valence-electron chi connectivity index (χ4n) is 3.63. The summed E-state index contributed by atoms with van der Waals surface area (Å²) in [4.78, 5) is 26.1.